The van der Waals surface area contributed by atoms with E-state index in [4.69, 9.17) is 0 Å². The quantitative estimate of drug-likeness (QED) is 0.784. The first-order valence-corrected chi connectivity index (χ1v) is 4.80. The van der Waals surface area contributed by atoms with Crippen LogP contribution in [0, 0.1) is 0 Å². The van der Waals surface area contributed by atoms with E-state index in [0.717, 1.165) is 5.69 Å². The second kappa shape index (κ2) is 3.73. The van der Waals surface area contributed by atoms with Gasteiger partial charge in [-0.3, -0.25) is 9.59 Å². The molecule has 4 nitrogen and oxygen atoms in total. The lowest BCUT2D eigenvalue weighted by Gasteiger charge is -2.28. The van der Waals surface area contributed by atoms with Crippen molar-refractivity contribution in [1.82, 2.24) is 4.90 Å². The highest BCUT2D eigenvalue weighted by atomic mass is 16.2. The van der Waals surface area contributed by atoms with E-state index in [2.05, 4.69) is 5.32 Å². The molecule has 0 aliphatic carbocycles. The Hall–Kier alpha value is -1.84. The van der Waals surface area contributed by atoms with Gasteiger partial charge in [-0.2, -0.15) is 0 Å². The zero-order valence-electron chi connectivity index (χ0n) is 8.49. The summed E-state index contributed by atoms with van der Waals surface area (Å²) in [7, 11) is 0. The number of nitrogens with one attached hydrogen (secondary N) is 1. The molecule has 15 heavy (non-hydrogen) atoms. The summed E-state index contributed by atoms with van der Waals surface area (Å²) in [5.74, 6) is -0.0934. The van der Waals surface area contributed by atoms with Gasteiger partial charge < -0.3 is 10.2 Å². The van der Waals surface area contributed by atoms with E-state index < -0.39 is 0 Å². The van der Waals surface area contributed by atoms with Gasteiger partial charge in [0.05, 0.1) is 18.8 Å². The van der Waals surface area contributed by atoms with Gasteiger partial charge in [0.15, 0.2) is 0 Å². The van der Waals surface area contributed by atoms with E-state index in [0.29, 0.717) is 12.2 Å². The maximum atomic E-state index is 11.9. The Bertz CT molecular complexity index is 415. The van der Waals surface area contributed by atoms with Crippen LogP contribution in [0.2, 0.25) is 0 Å². The van der Waals surface area contributed by atoms with Gasteiger partial charge in [0.1, 0.15) is 5.78 Å². The van der Waals surface area contributed by atoms with Crippen molar-refractivity contribution >= 4 is 17.4 Å². The van der Waals surface area contributed by atoms with Gasteiger partial charge in [0, 0.05) is 5.69 Å². The summed E-state index contributed by atoms with van der Waals surface area (Å²) >= 11 is 0. The first-order valence-electron chi connectivity index (χ1n) is 4.80. The molecule has 0 aromatic heterocycles. The van der Waals surface area contributed by atoms with Gasteiger partial charge in [0.2, 0.25) is 0 Å². The van der Waals surface area contributed by atoms with Crippen molar-refractivity contribution < 1.29 is 9.59 Å². The van der Waals surface area contributed by atoms with Crippen LogP contribution in [0.3, 0.4) is 0 Å². The number of para-hydroxylation sites is 1. The smallest absolute Gasteiger partial charge is 0.257 e. The number of nitrogens with zero attached hydrogens (tertiary/aromatic N) is 1. The normalized spacial score (nSPS) is 14.5. The van der Waals surface area contributed by atoms with Gasteiger partial charge >= 0.3 is 0 Å². The number of carbonyl (C=O) groups is 2. The Balaban J connectivity index is 2.26. The predicted octanol–water partition coefficient (Wildman–Crippen LogP) is 1.10. The minimum absolute atomic E-state index is 0.00969. The fraction of sp³-hybridized carbons (Fsp3) is 0.273. The summed E-state index contributed by atoms with van der Waals surface area (Å²) < 4.78 is 0. The Labute approximate surface area is 87.9 Å². The molecular weight excluding hydrogens is 192 g/mol. The number of amides is 1. The molecule has 78 valence electrons. The van der Waals surface area contributed by atoms with Crippen LogP contribution in [0.1, 0.15) is 17.3 Å². The number of benzene rings is 1. The van der Waals surface area contributed by atoms with Crippen LogP contribution in [0.15, 0.2) is 24.3 Å². The lowest BCUT2D eigenvalue weighted by atomic mass is 10.1. The first kappa shape index (κ1) is 9.71. The highest BCUT2D eigenvalue weighted by Gasteiger charge is 2.23. The molecule has 0 atom stereocenters. The van der Waals surface area contributed by atoms with Gasteiger partial charge in [-0.25, -0.2) is 0 Å². The monoisotopic (exact) mass is 204 g/mol. The van der Waals surface area contributed by atoms with E-state index in [1.165, 1.54) is 11.8 Å². The number of anilines is 1. The fourth-order valence-electron chi connectivity index (χ4n) is 1.64. The van der Waals surface area contributed by atoms with E-state index in [1.807, 2.05) is 18.2 Å². The second-order valence-corrected chi connectivity index (χ2v) is 3.59. The Kier molecular flexibility index (Phi) is 2.41. The molecule has 1 aromatic carbocycles. The van der Waals surface area contributed by atoms with Crippen molar-refractivity contribution in [1.29, 1.82) is 0 Å². The Morgan fingerprint density at radius 1 is 1.47 bits per heavy atom. The fourth-order valence-corrected chi connectivity index (χ4v) is 1.64. The number of Topliss-reactive ketones (excluding diaryl/α,β-unsaturated/α-hetero) is 1. The molecule has 0 radical (unpaired) electrons. The molecule has 1 aliphatic heterocycles. The second-order valence-electron chi connectivity index (χ2n) is 3.59. The summed E-state index contributed by atoms with van der Waals surface area (Å²) in [6.45, 7) is 2.05. The molecule has 0 saturated heterocycles. The molecule has 4 heteroatoms. The van der Waals surface area contributed by atoms with Crippen molar-refractivity contribution in [3.05, 3.63) is 29.8 Å². The average Bonchev–Trinajstić information content (AvgIpc) is 2.22. The van der Waals surface area contributed by atoms with Crippen LogP contribution >= 0.6 is 0 Å². The number of carbonyl (C=O) groups excluding carboxylic acids is 2. The summed E-state index contributed by atoms with van der Waals surface area (Å²) in [5.41, 5.74) is 1.47. The van der Waals surface area contributed by atoms with Crippen molar-refractivity contribution in [3.8, 4) is 0 Å². The maximum absolute atomic E-state index is 11.9. The SMILES string of the molecule is CC(=O)CN1CNc2ccccc2C1=O. The van der Waals surface area contributed by atoms with Gasteiger partial charge in [0.25, 0.3) is 5.91 Å². The highest BCUT2D eigenvalue weighted by molar-refractivity contribution is 6.02. The average molecular weight is 204 g/mol. The van der Waals surface area contributed by atoms with Crippen molar-refractivity contribution in [2.24, 2.45) is 0 Å². The minimum atomic E-state index is -0.0837. The summed E-state index contributed by atoms with van der Waals surface area (Å²) in [6.07, 6.45) is 0. The van der Waals surface area contributed by atoms with Crippen LogP contribution < -0.4 is 5.32 Å². The van der Waals surface area contributed by atoms with Crippen molar-refractivity contribution in [2.45, 2.75) is 6.92 Å². The van der Waals surface area contributed by atoms with Gasteiger partial charge in [-0.15, -0.1) is 0 Å². The lowest BCUT2D eigenvalue weighted by Crippen LogP contribution is -2.42. The number of ketones is 1. The summed E-state index contributed by atoms with van der Waals surface area (Å²) in [6, 6.07) is 7.31. The molecule has 1 amide bonds. The molecule has 0 saturated carbocycles. The molecule has 0 bridgehead atoms. The molecular formula is C11H12N2O2. The number of fused-ring (bicyclic) bond motifs is 1. The highest BCUT2D eigenvalue weighted by Crippen LogP contribution is 2.20. The lowest BCUT2D eigenvalue weighted by molar-refractivity contribution is -0.117. The third-order valence-corrected chi connectivity index (χ3v) is 2.32. The van der Waals surface area contributed by atoms with Crippen molar-refractivity contribution in [3.63, 3.8) is 0 Å². The number of hydrogen-bond acceptors (Lipinski definition) is 3. The molecule has 1 aromatic rings. The number of hydrogen-bond donors (Lipinski definition) is 1. The maximum Gasteiger partial charge on any atom is 0.257 e. The third kappa shape index (κ3) is 1.83. The largest absolute Gasteiger partial charge is 0.367 e. The first-order chi connectivity index (χ1) is 7.18. The zero-order chi connectivity index (χ0) is 10.8. The minimum Gasteiger partial charge on any atom is -0.367 e. The van der Waals surface area contributed by atoms with Crippen LogP contribution in [0.4, 0.5) is 5.69 Å². The van der Waals surface area contributed by atoms with Crippen LogP contribution in [-0.4, -0.2) is 29.8 Å². The van der Waals surface area contributed by atoms with Crippen LogP contribution in [0.5, 0.6) is 0 Å². The zero-order valence-corrected chi connectivity index (χ0v) is 8.49. The third-order valence-electron chi connectivity index (χ3n) is 2.32. The molecule has 1 N–H and O–H groups in total. The van der Waals surface area contributed by atoms with Crippen molar-refractivity contribution in [2.75, 3.05) is 18.5 Å². The summed E-state index contributed by atoms with van der Waals surface area (Å²) in [5, 5.41) is 3.10. The predicted molar refractivity (Wildman–Crippen MR) is 56.6 cm³/mol. The number of rotatable bonds is 2. The van der Waals surface area contributed by atoms with E-state index >= 15 is 0 Å². The Morgan fingerprint density at radius 3 is 2.93 bits per heavy atom. The molecule has 1 heterocycles. The van der Waals surface area contributed by atoms with E-state index in [-0.39, 0.29) is 18.2 Å². The molecule has 0 fully saturated rings. The van der Waals surface area contributed by atoms with Gasteiger partial charge in [-0.05, 0) is 19.1 Å². The Morgan fingerprint density at radius 2 is 2.20 bits per heavy atom. The molecule has 0 unspecified atom stereocenters. The topological polar surface area (TPSA) is 49.4 Å². The van der Waals surface area contributed by atoms with E-state index in [9.17, 15) is 9.59 Å². The standard InChI is InChI=1S/C11H12N2O2/c1-8(14)6-13-7-12-10-5-3-2-4-9(10)11(13)15/h2-5,12H,6-7H2,1H3. The van der Waals surface area contributed by atoms with Crippen LogP contribution in [-0.2, 0) is 4.79 Å². The van der Waals surface area contributed by atoms with E-state index in [1.54, 1.807) is 6.07 Å². The molecule has 0 spiro atoms. The molecule has 2 rings (SSSR count). The molecule has 1 aliphatic rings. The van der Waals surface area contributed by atoms with Gasteiger partial charge in [-0.1, -0.05) is 12.1 Å². The summed E-state index contributed by atoms with van der Waals surface area (Å²) in [4.78, 5) is 24.3. The van der Waals surface area contributed by atoms with Crippen LogP contribution in [0.25, 0.3) is 0 Å².